The fourth-order valence-electron chi connectivity index (χ4n) is 2.30. The quantitative estimate of drug-likeness (QED) is 0.795. The Labute approximate surface area is 129 Å². The summed E-state index contributed by atoms with van der Waals surface area (Å²) in [6.07, 6.45) is 3.15. The van der Waals surface area contributed by atoms with E-state index in [-0.39, 0.29) is 5.25 Å². The minimum absolute atomic E-state index is 0.136. The van der Waals surface area contributed by atoms with E-state index in [0.29, 0.717) is 5.92 Å². The van der Waals surface area contributed by atoms with Crippen molar-refractivity contribution in [1.82, 2.24) is 14.8 Å². The van der Waals surface area contributed by atoms with Crippen LogP contribution < -0.4 is 0 Å². The molecule has 0 amide bonds. The lowest BCUT2D eigenvalue weighted by atomic mass is 10.1. The third kappa shape index (κ3) is 3.27. The zero-order valence-electron chi connectivity index (χ0n) is 12.3. The van der Waals surface area contributed by atoms with E-state index in [2.05, 4.69) is 47.5 Å². The average molecular weight is 298 g/mol. The van der Waals surface area contributed by atoms with Crippen LogP contribution in [-0.4, -0.2) is 20.0 Å². The van der Waals surface area contributed by atoms with Gasteiger partial charge < -0.3 is 4.57 Å². The highest BCUT2D eigenvalue weighted by Crippen LogP contribution is 2.39. The normalized spacial score (nSPS) is 15.7. The minimum Gasteiger partial charge on any atom is -0.309 e. The Morgan fingerprint density at radius 3 is 2.67 bits per heavy atom. The predicted molar refractivity (Wildman–Crippen MR) is 83.1 cm³/mol. The van der Waals surface area contributed by atoms with Crippen LogP contribution in [-0.2, 0) is 13.5 Å². The first-order chi connectivity index (χ1) is 10.2. The van der Waals surface area contributed by atoms with Crippen LogP contribution in [0.15, 0.2) is 29.4 Å². The van der Waals surface area contributed by atoms with Crippen LogP contribution in [0.2, 0.25) is 0 Å². The van der Waals surface area contributed by atoms with Gasteiger partial charge in [0, 0.05) is 13.0 Å². The summed E-state index contributed by atoms with van der Waals surface area (Å²) in [5.74, 6) is 1.64. The number of aryl methyl sites for hydroxylation is 1. The Hall–Kier alpha value is -1.80. The van der Waals surface area contributed by atoms with Crippen LogP contribution in [0, 0.1) is 18.3 Å². The summed E-state index contributed by atoms with van der Waals surface area (Å²) in [4.78, 5) is 0. The maximum absolute atomic E-state index is 9.39. The van der Waals surface area contributed by atoms with Gasteiger partial charge in [-0.1, -0.05) is 41.6 Å². The number of aromatic nitrogens is 3. The van der Waals surface area contributed by atoms with Crippen molar-refractivity contribution in [2.75, 3.05) is 0 Å². The predicted octanol–water partition coefficient (Wildman–Crippen LogP) is 3.23. The molecular weight excluding hydrogens is 280 g/mol. The SMILES string of the molecule is Cc1ccc(C[C@H](C#N)Sc2nnc(C3CC3)n2C)cc1. The Morgan fingerprint density at radius 1 is 1.33 bits per heavy atom. The summed E-state index contributed by atoms with van der Waals surface area (Å²) in [6.45, 7) is 2.07. The molecule has 108 valence electrons. The van der Waals surface area contributed by atoms with Crippen LogP contribution in [0.5, 0.6) is 0 Å². The molecule has 0 spiro atoms. The van der Waals surface area contributed by atoms with Crippen molar-refractivity contribution in [2.24, 2.45) is 7.05 Å². The van der Waals surface area contributed by atoms with Crippen molar-refractivity contribution in [3.63, 3.8) is 0 Å². The summed E-state index contributed by atoms with van der Waals surface area (Å²) in [5, 5.41) is 18.6. The van der Waals surface area contributed by atoms with Gasteiger partial charge in [-0.15, -0.1) is 10.2 Å². The van der Waals surface area contributed by atoms with Crippen LogP contribution in [0.1, 0.15) is 35.7 Å². The molecule has 2 aromatic rings. The summed E-state index contributed by atoms with van der Waals surface area (Å²) < 4.78 is 2.04. The average Bonchev–Trinajstić information content (AvgIpc) is 3.26. The standard InChI is InChI=1S/C16H18N4S/c1-11-3-5-12(6-4-11)9-14(10-17)21-16-19-18-15(20(16)2)13-7-8-13/h3-6,13-14H,7-9H2,1-2H3/t14-/m1/s1. The molecular formula is C16H18N4S. The highest BCUT2D eigenvalue weighted by Gasteiger charge is 2.29. The van der Waals surface area contributed by atoms with Crippen molar-refractivity contribution >= 4 is 11.8 Å². The van der Waals surface area contributed by atoms with Crippen molar-refractivity contribution in [3.8, 4) is 6.07 Å². The smallest absolute Gasteiger partial charge is 0.192 e. The number of nitriles is 1. The molecule has 1 aromatic carbocycles. The first-order valence-electron chi connectivity index (χ1n) is 7.18. The highest BCUT2D eigenvalue weighted by molar-refractivity contribution is 8.00. The molecule has 1 fully saturated rings. The lowest BCUT2D eigenvalue weighted by Crippen LogP contribution is -2.06. The number of nitrogens with zero attached hydrogens (tertiary/aromatic N) is 4. The van der Waals surface area contributed by atoms with Gasteiger partial charge in [-0.25, -0.2) is 0 Å². The topological polar surface area (TPSA) is 54.5 Å². The Balaban J connectivity index is 1.69. The maximum Gasteiger partial charge on any atom is 0.192 e. The monoisotopic (exact) mass is 298 g/mol. The first-order valence-corrected chi connectivity index (χ1v) is 8.06. The molecule has 0 aliphatic heterocycles. The Kier molecular flexibility index (Phi) is 3.98. The second kappa shape index (κ2) is 5.90. The number of hydrogen-bond donors (Lipinski definition) is 0. The van der Waals surface area contributed by atoms with Gasteiger partial charge in [-0.2, -0.15) is 5.26 Å². The van der Waals surface area contributed by atoms with Gasteiger partial charge in [0.15, 0.2) is 5.16 Å². The van der Waals surface area contributed by atoms with E-state index < -0.39 is 0 Å². The lowest BCUT2D eigenvalue weighted by Gasteiger charge is -2.09. The Morgan fingerprint density at radius 2 is 2.05 bits per heavy atom. The van der Waals surface area contributed by atoms with Gasteiger partial charge in [0.25, 0.3) is 0 Å². The molecule has 21 heavy (non-hydrogen) atoms. The van der Waals surface area contributed by atoms with Crippen LogP contribution >= 0.6 is 11.8 Å². The van der Waals surface area contributed by atoms with Crippen molar-refractivity contribution in [3.05, 3.63) is 41.2 Å². The first kappa shape index (κ1) is 14.2. The van der Waals surface area contributed by atoms with E-state index in [4.69, 9.17) is 0 Å². The largest absolute Gasteiger partial charge is 0.309 e. The Bertz CT molecular complexity index is 665. The second-order valence-electron chi connectivity index (χ2n) is 5.60. The number of thioether (sulfide) groups is 1. The third-order valence-corrected chi connectivity index (χ3v) is 4.87. The minimum atomic E-state index is -0.136. The van der Waals surface area contributed by atoms with E-state index >= 15 is 0 Å². The molecule has 1 aliphatic carbocycles. The molecule has 1 atom stereocenters. The summed E-state index contributed by atoms with van der Waals surface area (Å²) in [5.41, 5.74) is 2.42. The molecule has 1 heterocycles. The zero-order chi connectivity index (χ0) is 14.8. The molecule has 5 heteroatoms. The van der Waals surface area contributed by atoms with E-state index in [0.717, 1.165) is 17.4 Å². The fraction of sp³-hybridized carbons (Fsp3) is 0.438. The number of rotatable bonds is 5. The van der Waals surface area contributed by atoms with E-state index in [1.807, 2.05) is 11.6 Å². The summed E-state index contributed by atoms with van der Waals surface area (Å²) in [6, 6.07) is 10.7. The number of hydrogen-bond acceptors (Lipinski definition) is 4. The number of benzene rings is 1. The molecule has 1 aromatic heterocycles. The van der Waals surface area contributed by atoms with Crippen molar-refractivity contribution in [1.29, 1.82) is 5.26 Å². The van der Waals surface area contributed by atoms with Crippen molar-refractivity contribution < 1.29 is 0 Å². The van der Waals surface area contributed by atoms with Gasteiger partial charge in [0.1, 0.15) is 11.1 Å². The van der Waals surface area contributed by atoms with Crippen LogP contribution in [0.25, 0.3) is 0 Å². The molecule has 3 rings (SSSR count). The maximum atomic E-state index is 9.39. The van der Waals surface area contributed by atoms with E-state index in [1.54, 1.807) is 0 Å². The van der Waals surface area contributed by atoms with Gasteiger partial charge in [0.05, 0.1) is 6.07 Å². The molecule has 0 saturated heterocycles. The fourth-order valence-corrected chi connectivity index (χ4v) is 3.23. The van der Waals surface area contributed by atoms with Gasteiger partial charge >= 0.3 is 0 Å². The third-order valence-electron chi connectivity index (χ3n) is 3.74. The summed E-state index contributed by atoms with van der Waals surface area (Å²) >= 11 is 1.51. The van der Waals surface area contributed by atoms with Crippen molar-refractivity contribution in [2.45, 2.75) is 42.5 Å². The molecule has 1 saturated carbocycles. The van der Waals surface area contributed by atoms with Crippen LogP contribution in [0.4, 0.5) is 0 Å². The van der Waals surface area contributed by atoms with E-state index in [1.165, 1.54) is 35.7 Å². The van der Waals surface area contributed by atoms with Gasteiger partial charge in [0.2, 0.25) is 0 Å². The molecule has 1 aliphatic rings. The summed E-state index contributed by atoms with van der Waals surface area (Å²) in [7, 11) is 2.00. The van der Waals surface area contributed by atoms with Crippen LogP contribution in [0.3, 0.4) is 0 Å². The van der Waals surface area contributed by atoms with Gasteiger partial charge in [-0.05, 0) is 31.7 Å². The highest BCUT2D eigenvalue weighted by atomic mass is 32.2. The zero-order valence-corrected chi connectivity index (χ0v) is 13.1. The molecule has 4 nitrogen and oxygen atoms in total. The molecule has 0 unspecified atom stereocenters. The molecule has 0 radical (unpaired) electrons. The molecule has 0 N–H and O–H groups in total. The molecule has 0 bridgehead atoms. The lowest BCUT2D eigenvalue weighted by molar-refractivity contribution is 0.735. The van der Waals surface area contributed by atoms with E-state index in [9.17, 15) is 5.26 Å². The van der Waals surface area contributed by atoms with Gasteiger partial charge in [-0.3, -0.25) is 0 Å². The second-order valence-corrected chi connectivity index (χ2v) is 6.77.